The van der Waals surface area contributed by atoms with Gasteiger partial charge in [0.25, 0.3) is 10.0 Å². The maximum Gasteiger partial charge on any atom is 0.252 e. The van der Waals surface area contributed by atoms with Gasteiger partial charge in [-0.3, -0.25) is 0 Å². The highest BCUT2D eigenvalue weighted by Gasteiger charge is 2.26. The Morgan fingerprint density at radius 1 is 1.15 bits per heavy atom. The molecular weight excluding hydrogens is 366 g/mol. The summed E-state index contributed by atoms with van der Waals surface area (Å²) in [7, 11) is -3.58. The van der Waals surface area contributed by atoms with Gasteiger partial charge in [0, 0.05) is 6.04 Å². The van der Waals surface area contributed by atoms with E-state index < -0.39 is 10.0 Å². The summed E-state index contributed by atoms with van der Waals surface area (Å²) in [6, 6.07) is 9.63. The maximum atomic E-state index is 12.9. The first kappa shape index (κ1) is 19.5. The maximum absolute atomic E-state index is 12.9. The summed E-state index contributed by atoms with van der Waals surface area (Å²) in [4.78, 5) is 6.71. The van der Waals surface area contributed by atoms with Crippen molar-refractivity contribution >= 4 is 21.4 Å². The zero-order valence-corrected chi connectivity index (χ0v) is 17.1. The zero-order valence-electron chi connectivity index (χ0n) is 15.4. The number of nitrogens with zero attached hydrogens (tertiary/aromatic N) is 2. The molecule has 1 unspecified atom stereocenters. The number of rotatable bonds is 7. The molecule has 3 rings (SSSR count). The Morgan fingerprint density at radius 2 is 1.85 bits per heavy atom. The number of piperidine rings is 1. The molecule has 1 aliphatic heterocycles. The fourth-order valence-electron chi connectivity index (χ4n) is 3.48. The van der Waals surface area contributed by atoms with Crippen LogP contribution in [0.4, 0.5) is 0 Å². The molecule has 0 amide bonds. The number of aryl methyl sites for hydroxylation is 2. The van der Waals surface area contributed by atoms with Crippen LogP contribution in [0.1, 0.15) is 48.0 Å². The molecule has 5 nitrogen and oxygen atoms in total. The van der Waals surface area contributed by atoms with Crippen molar-refractivity contribution in [3.05, 3.63) is 46.6 Å². The summed E-state index contributed by atoms with van der Waals surface area (Å²) in [6.45, 7) is 6.72. The van der Waals surface area contributed by atoms with E-state index in [-0.39, 0.29) is 6.04 Å². The van der Waals surface area contributed by atoms with Gasteiger partial charge in [-0.1, -0.05) is 36.8 Å². The van der Waals surface area contributed by atoms with Crippen molar-refractivity contribution in [2.45, 2.75) is 49.8 Å². The predicted octanol–water partition coefficient (Wildman–Crippen LogP) is 3.66. The molecule has 0 bridgehead atoms. The summed E-state index contributed by atoms with van der Waals surface area (Å²) in [5, 5.41) is 0.771. The molecule has 142 valence electrons. The van der Waals surface area contributed by atoms with Gasteiger partial charge in [-0.05, 0) is 58.3 Å². The van der Waals surface area contributed by atoms with E-state index in [0.717, 1.165) is 36.6 Å². The fourth-order valence-corrected chi connectivity index (χ4v) is 6.24. The van der Waals surface area contributed by atoms with E-state index in [1.165, 1.54) is 30.6 Å². The van der Waals surface area contributed by atoms with Gasteiger partial charge in [0.05, 0.1) is 10.7 Å². The zero-order chi connectivity index (χ0) is 18.6. The Balaban J connectivity index is 1.77. The van der Waals surface area contributed by atoms with Crippen LogP contribution < -0.4 is 4.72 Å². The Kier molecular flexibility index (Phi) is 6.45. The molecule has 0 radical (unpaired) electrons. The van der Waals surface area contributed by atoms with Crippen molar-refractivity contribution in [3.8, 4) is 0 Å². The molecule has 0 saturated carbocycles. The molecule has 1 aromatic heterocycles. The van der Waals surface area contributed by atoms with Crippen molar-refractivity contribution in [3.63, 3.8) is 0 Å². The van der Waals surface area contributed by atoms with Crippen molar-refractivity contribution in [2.24, 2.45) is 0 Å². The van der Waals surface area contributed by atoms with E-state index in [1.807, 2.05) is 37.3 Å². The Labute approximate surface area is 160 Å². The molecule has 1 atom stereocenters. The largest absolute Gasteiger partial charge is 0.303 e. The highest BCUT2D eigenvalue weighted by Crippen LogP contribution is 2.26. The Hall–Kier alpha value is -1.28. The van der Waals surface area contributed by atoms with Crippen LogP contribution in [0.25, 0.3) is 0 Å². The second-order valence-corrected chi connectivity index (χ2v) is 9.99. The van der Waals surface area contributed by atoms with E-state index in [9.17, 15) is 8.42 Å². The summed E-state index contributed by atoms with van der Waals surface area (Å²) < 4.78 is 29.2. The monoisotopic (exact) mass is 393 g/mol. The predicted molar refractivity (Wildman–Crippen MR) is 106 cm³/mol. The van der Waals surface area contributed by atoms with Crippen LogP contribution in [0.5, 0.6) is 0 Å². The number of thiazole rings is 1. The minimum absolute atomic E-state index is 0.232. The molecule has 0 spiro atoms. The standard InChI is InChI=1S/C19H27N3O2S2/c1-15-19(25-16(2)20-15)26(23,24)21-18(17-9-5-3-6-10-17)11-14-22-12-7-4-8-13-22/h3,5-6,9-10,18,21H,4,7-8,11-14H2,1-2H3. The first-order chi connectivity index (χ1) is 12.5. The molecule has 1 fully saturated rings. The lowest BCUT2D eigenvalue weighted by Crippen LogP contribution is -2.35. The van der Waals surface area contributed by atoms with Crippen LogP contribution in [0.3, 0.4) is 0 Å². The molecule has 26 heavy (non-hydrogen) atoms. The molecule has 1 saturated heterocycles. The molecule has 2 aromatic rings. The van der Waals surface area contributed by atoms with Crippen LogP contribution in [0.15, 0.2) is 34.5 Å². The molecule has 1 N–H and O–H groups in total. The molecule has 2 heterocycles. The summed E-state index contributed by atoms with van der Waals surface area (Å²) in [5.41, 5.74) is 1.58. The van der Waals surface area contributed by atoms with Gasteiger partial charge < -0.3 is 4.90 Å². The number of likely N-dealkylation sites (tertiary alicyclic amines) is 1. The van der Waals surface area contributed by atoms with E-state index in [2.05, 4.69) is 14.6 Å². The third-order valence-corrected chi connectivity index (χ3v) is 7.94. The number of sulfonamides is 1. The van der Waals surface area contributed by atoms with Crippen molar-refractivity contribution in [1.82, 2.24) is 14.6 Å². The van der Waals surface area contributed by atoms with Crippen LogP contribution in [-0.4, -0.2) is 37.9 Å². The number of aromatic nitrogens is 1. The molecule has 1 aromatic carbocycles. The lowest BCUT2D eigenvalue weighted by molar-refractivity contribution is 0.219. The molecule has 7 heteroatoms. The van der Waals surface area contributed by atoms with Gasteiger partial charge >= 0.3 is 0 Å². The van der Waals surface area contributed by atoms with Crippen LogP contribution in [0, 0.1) is 13.8 Å². The SMILES string of the molecule is Cc1nc(C)c(S(=O)(=O)NC(CCN2CCCCC2)c2ccccc2)s1. The van der Waals surface area contributed by atoms with E-state index in [4.69, 9.17) is 0 Å². The van der Waals surface area contributed by atoms with Crippen LogP contribution in [0.2, 0.25) is 0 Å². The second kappa shape index (κ2) is 8.61. The van der Waals surface area contributed by atoms with Crippen molar-refractivity contribution in [1.29, 1.82) is 0 Å². The molecule has 0 aliphatic carbocycles. The highest BCUT2D eigenvalue weighted by molar-refractivity contribution is 7.91. The third-order valence-electron chi connectivity index (χ3n) is 4.79. The van der Waals surface area contributed by atoms with Gasteiger partial charge in [-0.15, -0.1) is 11.3 Å². The Morgan fingerprint density at radius 3 is 2.46 bits per heavy atom. The third kappa shape index (κ3) is 4.91. The summed E-state index contributed by atoms with van der Waals surface area (Å²) in [5.74, 6) is 0. The van der Waals surface area contributed by atoms with Gasteiger partial charge in [-0.2, -0.15) is 0 Å². The van der Waals surface area contributed by atoms with Crippen molar-refractivity contribution in [2.75, 3.05) is 19.6 Å². The lowest BCUT2D eigenvalue weighted by atomic mass is 10.0. The average molecular weight is 394 g/mol. The minimum atomic E-state index is -3.58. The first-order valence-corrected chi connectivity index (χ1v) is 11.5. The lowest BCUT2D eigenvalue weighted by Gasteiger charge is -2.28. The Bertz CT molecular complexity index is 813. The average Bonchev–Trinajstić information content (AvgIpc) is 2.99. The quantitative estimate of drug-likeness (QED) is 0.780. The number of benzene rings is 1. The van der Waals surface area contributed by atoms with Crippen molar-refractivity contribution < 1.29 is 8.42 Å². The smallest absolute Gasteiger partial charge is 0.252 e. The first-order valence-electron chi connectivity index (χ1n) is 9.19. The summed E-state index contributed by atoms with van der Waals surface area (Å²) in [6.07, 6.45) is 4.54. The van der Waals surface area contributed by atoms with Gasteiger partial charge in [0.1, 0.15) is 0 Å². The van der Waals surface area contributed by atoms with Crippen LogP contribution in [-0.2, 0) is 10.0 Å². The number of nitrogens with one attached hydrogen (secondary N) is 1. The normalized spacial score (nSPS) is 17.3. The van der Waals surface area contributed by atoms with E-state index in [0.29, 0.717) is 9.90 Å². The molecular formula is C19H27N3O2S2. The highest BCUT2D eigenvalue weighted by atomic mass is 32.2. The topological polar surface area (TPSA) is 62.3 Å². The van der Waals surface area contributed by atoms with E-state index >= 15 is 0 Å². The second-order valence-electron chi connectivity index (χ2n) is 6.88. The minimum Gasteiger partial charge on any atom is -0.303 e. The van der Waals surface area contributed by atoms with Crippen LogP contribution >= 0.6 is 11.3 Å². The van der Waals surface area contributed by atoms with E-state index in [1.54, 1.807) is 6.92 Å². The summed E-state index contributed by atoms with van der Waals surface area (Å²) >= 11 is 1.23. The van der Waals surface area contributed by atoms with Gasteiger partial charge in [0.2, 0.25) is 0 Å². The van der Waals surface area contributed by atoms with Gasteiger partial charge in [0.15, 0.2) is 4.21 Å². The number of hydrogen-bond donors (Lipinski definition) is 1. The van der Waals surface area contributed by atoms with Gasteiger partial charge in [-0.25, -0.2) is 18.1 Å². The number of hydrogen-bond acceptors (Lipinski definition) is 5. The fraction of sp³-hybridized carbons (Fsp3) is 0.526. The molecule has 1 aliphatic rings.